The minimum Gasteiger partial charge on any atom is -0.492 e. The Bertz CT molecular complexity index is 537. The second-order valence-electron chi connectivity index (χ2n) is 5.21. The van der Waals surface area contributed by atoms with Gasteiger partial charge in [0, 0.05) is 12.6 Å². The van der Waals surface area contributed by atoms with Gasteiger partial charge < -0.3 is 29.2 Å². The highest BCUT2D eigenvalue weighted by molar-refractivity contribution is 5.74. The number of nitrogens with zero attached hydrogens (tertiary/aromatic N) is 1. The monoisotopic (exact) mass is 308 g/mol. The molecular formula is C15H20N2O5. The Morgan fingerprint density at radius 3 is 3.14 bits per heavy atom. The van der Waals surface area contributed by atoms with Crippen LogP contribution in [0.15, 0.2) is 18.2 Å². The lowest BCUT2D eigenvalue weighted by Gasteiger charge is -2.33. The molecule has 7 heteroatoms. The second-order valence-corrected chi connectivity index (χ2v) is 5.21. The van der Waals surface area contributed by atoms with Crippen LogP contribution in [0.1, 0.15) is 6.92 Å². The molecule has 1 fully saturated rings. The lowest BCUT2D eigenvalue weighted by atomic mass is 10.3. The van der Waals surface area contributed by atoms with Gasteiger partial charge in [-0.25, -0.2) is 4.79 Å². The van der Waals surface area contributed by atoms with Crippen LogP contribution in [-0.2, 0) is 4.74 Å². The SMILES string of the molecule is CC1COCCN1C(=O)NCCOc1ccc2c(c1)OCO2. The summed E-state index contributed by atoms with van der Waals surface area (Å²) in [6.07, 6.45) is 0. The van der Waals surface area contributed by atoms with E-state index in [1.165, 1.54) is 0 Å². The van der Waals surface area contributed by atoms with Crippen molar-refractivity contribution in [1.82, 2.24) is 10.2 Å². The van der Waals surface area contributed by atoms with Crippen molar-refractivity contribution in [2.24, 2.45) is 0 Å². The van der Waals surface area contributed by atoms with Crippen LogP contribution in [0, 0.1) is 0 Å². The zero-order valence-corrected chi connectivity index (χ0v) is 12.5. The number of rotatable bonds is 4. The first-order valence-corrected chi connectivity index (χ1v) is 7.39. The Morgan fingerprint density at radius 1 is 1.41 bits per heavy atom. The third-order valence-corrected chi connectivity index (χ3v) is 3.62. The highest BCUT2D eigenvalue weighted by Gasteiger charge is 2.23. The maximum Gasteiger partial charge on any atom is 0.317 e. The fourth-order valence-electron chi connectivity index (χ4n) is 2.42. The van der Waals surface area contributed by atoms with E-state index < -0.39 is 0 Å². The zero-order chi connectivity index (χ0) is 15.4. The van der Waals surface area contributed by atoms with E-state index in [1.54, 1.807) is 11.0 Å². The van der Waals surface area contributed by atoms with E-state index in [0.29, 0.717) is 44.4 Å². The lowest BCUT2D eigenvalue weighted by Crippen LogP contribution is -2.51. The molecule has 2 amide bonds. The Kier molecular flexibility index (Phi) is 4.53. The number of benzene rings is 1. The van der Waals surface area contributed by atoms with E-state index in [2.05, 4.69) is 5.32 Å². The predicted molar refractivity (Wildman–Crippen MR) is 78.4 cm³/mol. The molecule has 0 spiro atoms. The zero-order valence-electron chi connectivity index (χ0n) is 12.5. The number of fused-ring (bicyclic) bond motifs is 1. The van der Waals surface area contributed by atoms with Crippen LogP contribution >= 0.6 is 0 Å². The molecule has 2 aliphatic rings. The molecule has 0 aliphatic carbocycles. The van der Waals surface area contributed by atoms with Gasteiger partial charge in [-0.1, -0.05) is 0 Å². The van der Waals surface area contributed by atoms with Crippen molar-refractivity contribution in [2.45, 2.75) is 13.0 Å². The molecule has 0 radical (unpaired) electrons. The number of amides is 2. The highest BCUT2D eigenvalue weighted by atomic mass is 16.7. The minimum atomic E-state index is -0.0786. The number of carbonyl (C=O) groups excluding carboxylic acids is 1. The summed E-state index contributed by atoms with van der Waals surface area (Å²) >= 11 is 0. The number of nitrogens with one attached hydrogen (secondary N) is 1. The summed E-state index contributed by atoms with van der Waals surface area (Å²) in [7, 11) is 0. The molecule has 22 heavy (non-hydrogen) atoms. The number of morpholine rings is 1. The molecule has 1 unspecified atom stereocenters. The smallest absolute Gasteiger partial charge is 0.317 e. The van der Waals surface area contributed by atoms with Crippen LogP contribution in [-0.4, -0.2) is 56.7 Å². The van der Waals surface area contributed by atoms with E-state index in [0.717, 1.165) is 5.75 Å². The Hall–Kier alpha value is -2.15. The molecule has 3 rings (SSSR count). The fourth-order valence-corrected chi connectivity index (χ4v) is 2.42. The quantitative estimate of drug-likeness (QED) is 0.847. The van der Waals surface area contributed by atoms with Crippen LogP contribution in [0.25, 0.3) is 0 Å². The van der Waals surface area contributed by atoms with E-state index >= 15 is 0 Å². The Balaban J connectivity index is 1.41. The van der Waals surface area contributed by atoms with Crippen LogP contribution in [0.2, 0.25) is 0 Å². The molecule has 1 aromatic rings. The van der Waals surface area contributed by atoms with Crippen molar-refractivity contribution in [1.29, 1.82) is 0 Å². The fraction of sp³-hybridized carbons (Fsp3) is 0.533. The average Bonchev–Trinajstić information content (AvgIpc) is 2.99. The standard InChI is InChI=1S/C15H20N2O5/c1-11-9-19-7-5-17(11)15(18)16-4-6-20-12-2-3-13-14(8-12)22-10-21-13/h2-3,8,11H,4-7,9-10H2,1H3,(H,16,18). The Morgan fingerprint density at radius 2 is 2.27 bits per heavy atom. The van der Waals surface area contributed by atoms with Crippen LogP contribution in [0.3, 0.4) is 0 Å². The van der Waals surface area contributed by atoms with Crippen molar-refractivity contribution in [3.63, 3.8) is 0 Å². The average molecular weight is 308 g/mol. The summed E-state index contributed by atoms with van der Waals surface area (Å²) in [5.74, 6) is 2.10. The normalized spacial score (nSPS) is 19.9. The van der Waals surface area contributed by atoms with Crippen LogP contribution < -0.4 is 19.5 Å². The second kappa shape index (κ2) is 6.74. The number of carbonyl (C=O) groups is 1. The first-order valence-electron chi connectivity index (χ1n) is 7.39. The third kappa shape index (κ3) is 3.36. The topological polar surface area (TPSA) is 69.3 Å². The summed E-state index contributed by atoms with van der Waals surface area (Å²) in [5.41, 5.74) is 0. The van der Waals surface area contributed by atoms with E-state index in [-0.39, 0.29) is 18.9 Å². The van der Waals surface area contributed by atoms with Gasteiger partial charge in [0.25, 0.3) is 0 Å². The summed E-state index contributed by atoms with van der Waals surface area (Å²) in [6.45, 7) is 4.85. The van der Waals surface area contributed by atoms with Gasteiger partial charge in [-0.05, 0) is 19.1 Å². The van der Waals surface area contributed by atoms with E-state index in [4.69, 9.17) is 18.9 Å². The van der Waals surface area contributed by atoms with E-state index in [1.807, 2.05) is 19.1 Å². The van der Waals surface area contributed by atoms with Gasteiger partial charge in [-0.15, -0.1) is 0 Å². The van der Waals surface area contributed by atoms with Gasteiger partial charge in [-0.2, -0.15) is 0 Å². The summed E-state index contributed by atoms with van der Waals surface area (Å²) in [5, 5.41) is 2.86. The predicted octanol–water partition coefficient (Wildman–Crippen LogP) is 1.22. The molecule has 0 aromatic heterocycles. The third-order valence-electron chi connectivity index (χ3n) is 3.62. The lowest BCUT2D eigenvalue weighted by molar-refractivity contribution is 0.0189. The first kappa shape index (κ1) is 14.8. The van der Waals surface area contributed by atoms with Crippen LogP contribution in [0.5, 0.6) is 17.2 Å². The van der Waals surface area contributed by atoms with Crippen molar-refractivity contribution in [3.8, 4) is 17.2 Å². The molecule has 1 saturated heterocycles. The molecule has 0 saturated carbocycles. The first-order chi connectivity index (χ1) is 10.7. The molecule has 1 atom stereocenters. The van der Waals surface area contributed by atoms with Gasteiger partial charge in [0.1, 0.15) is 12.4 Å². The Labute approximate surface area is 129 Å². The highest BCUT2D eigenvalue weighted by Crippen LogP contribution is 2.34. The number of ether oxygens (including phenoxy) is 4. The van der Waals surface area contributed by atoms with Gasteiger partial charge in [-0.3, -0.25) is 0 Å². The van der Waals surface area contributed by atoms with Crippen molar-refractivity contribution in [3.05, 3.63) is 18.2 Å². The molecule has 7 nitrogen and oxygen atoms in total. The van der Waals surface area contributed by atoms with Gasteiger partial charge in [0.15, 0.2) is 11.5 Å². The maximum absolute atomic E-state index is 12.0. The molecule has 2 heterocycles. The van der Waals surface area contributed by atoms with Gasteiger partial charge in [0.05, 0.1) is 25.8 Å². The van der Waals surface area contributed by atoms with Crippen LogP contribution in [0.4, 0.5) is 4.79 Å². The van der Waals surface area contributed by atoms with Crippen molar-refractivity contribution >= 4 is 6.03 Å². The molecular weight excluding hydrogens is 288 g/mol. The van der Waals surface area contributed by atoms with Crippen molar-refractivity contribution in [2.75, 3.05) is 39.7 Å². The largest absolute Gasteiger partial charge is 0.492 e. The summed E-state index contributed by atoms with van der Waals surface area (Å²) in [4.78, 5) is 13.8. The summed E-state index contributed by atoms with van der Waals surface area (Å²) in [6, 6.07) is 5.44. The molecule has 2 aliphatic heterocycles. The number of urea groups is 1. The molecule has 120 valence electrons. The number of hydrogen-bond acceptors (Lipinski definition) is 5. The molecule has 0 bridgehead atoms. The summed E-state index contributed by atoms with van der Waals surface area (Å²) < 4.78 is 21.4. The molecule has 1 aromatic carbocycles. The minimum absolute atomic E-state index is 0.0786. The maximum atomic E-state index is 12.0. The van der Waals surface area contributed by atoms with Gasteiger partial charge in [0.2, 0.25) is 6.79 Å². The molecule has 1 N–H and O–H groups in total. The van der Waals surface area contributed by atoms with Crippen molar-refractivity contribution < 1.29 is 23.7 Å². The van der Waals surface area contributed by atoms with Gasteiger partial charge >= 0.3 is 6.03 Å². The number of hydrogen-bond donors (Lipinski definition) is 1. The van der Waals surface area contributed by atoms with E-state index in [9.17, 15) is 4.79 Å².